The fourth-order valence-corrected chi connectivity index (χ4v) is 2.10. The average molecular weight is 290 g/mol. The minimum atomic E-state index is -1.12. The number of halogens is 1. The van der Waals surface area contributed by atoms with E-state index in [2.05, 4.69) is 15.9 Å². The van der Waals surface area contributed by atoms with Gasteiger partial charge in [0, 0.05) is 12.1 Å². The van der Waals surface area contributed by atoms with E-state index in [1.54, 1.807) is 26.2 Å². The first-order chi connectivity index (χ1) is 7.47. The monoisotopic (exact) mass is 289 g/mol. The molecule has 0 aliphatic rings. The molecule has 0 radical (unpaired) electrons. The van der Waals surface area contributed by atoms with E-state index in [4.69, 9.17) is 15.2 Å². The molecule has 0 aliphatic carbocycles. The Hall–Kier alpha value is -0.780. The topological polar surface area (TPSA) is 64.7 Å². The minimum absolute atomic E-state index is 0.113. The van der Waals surface area contributed by atoms with Gasteiger partial charge in [-0.15, -0.1) is 0 Å². The van der Waals surface area contributed by atoms with Crippen LogP contribution in [0.3, 0.4) is 0 Å². The molecule has 1 aromatic carbocycles. The molecule has 0 fully saturated rings. The number of benzene rings is 1. The third-order valence-electron chi connectivity index (χ3n) is 2.46. The second-order valence-electron chi connectivity index (χ2n) is 3.64. The zero-order valence-electron chi connectivity index (χ0n) is 9.58. The first kappa shape index (κ1) is 13.3. The van der Waals surface area contributed by atoms with Gasteiger partial charge >= 0.3 is 0 Å². The summed E-state index contributed by atoms with van der Waals surface area (Å²) in [5.41, 5.74) is 5.04. The van der Waals surface area contributed by atoms with E-state index in [0.717, 1.165) is 0 Å². The SMILES string of the molecule is COc1ccc(C(C)(O)CN)c(OC)c1Br. The van der Waals surface area contributed by atoms with Crippen LogP contribution in [-0.4, -0.2) is 25.9 Å². The van der Waals surface area contributed by atoms with Crippen molar-refractivity contribution < 1.29 is 14.6 Å². The third-order valence-corrected chi connectivity index (χ3v) is 3.21. The number of hydrogen-bond acceptors (Lipinski definition) is 4. The molecule has 0 bridgehead atoms. The number of hydrogen-bond donors (Lipinski definition) is 2. The Morgan fingerprint density at radius 2 is 2.00 bits per heavy atom. The van der Waals surface area contributed by atoms with Gasteiger partial charge in [-0.2, -0.15) is 0 Å². The largest absolute Gasteiger partial charge is 0.495 e. The van der Waals surface area contributed by atoms with Crippen LogP contribution in [0.5, 0.6) is 11.5 Å². The molecular weight excluding hydrogens is 274 g/mol. The molecule has 1 atom stereocenters. The van der Waals surface area contributed by atoms with E-state index < -0.39 is 5.60 Å². The summed E-state index contributed by atoms with van der Waals surface area (Å²) in [7, 11) is 3.11. The Balaban J connectivity index is 3.37. The maximum absolute atomic E-state index is 10.1. The lowest BCUT2D eigenvalue weighted by atomic mass is 9.95. The summed E-state index contributed by atoms with van der Waals surface area (Å²) in [6, 6.07) is 3.50. The van der Waals surface area contributed by atoms with Crippen molar-refractivity contribution in [1.29, 1.82) is 0 Å². The van der Waals surface area contributed by atoms with Crippen molar-refractivity contribution in [2.75, 3.05) is 20.8 Å². The smallest absolute Gasteiger partial charge is 0.142 e. The number of nitrogens with two attached hydrogens (primary N) is 1. The number of aliphatic hydroxyl groups is 1. The quantitative estimate of drug-likeness (QED) is 0.884. The Kier molecular flexibility index (Phi) is 4.18. The van der Waals surface area contributed by atoms with Crippen LogP contribution in [0.4, 0.5) is 0 Å². The van der Waals surface area contributed by atoms with E-state index >= 15 is 0 Å². The average Bonchev–Trinajstić information content (AvgIpc) is 2.28. The molecule has 90 valence electrons. The van der Waals surface area contributed by atoms with E-state index in [-0.39, 0.29) is 6.54 Å². The molecule has 0 amide bonds. The predicted molar refractivity (Wildman–Crippen MR) is 65.9 cm³/mol. The lowest BCUT2D eigenvalue weighted by Gasteiger charge is -2.25. The van der Waals surface area contributed by atoms with Crippen LogP contribution >= 0.6 is 15.9 Å². The van der Waals surface area contributed by atoms with Crippen LogP contribution in [0.2, 0.25) is 0 Å². The zero-order valence-corrected chi connectivity index (χ0v) is 11.2. The van der Waals surface area contributed by atoms with Crippen LogP contribution in [0.15, 0.2) is 16.6 Å². The van der Waals surface area contributed by atoms with Gasteiger partial charge < -0.3 is 20.3 Å². The first-order valence-electron chi connectivity index (χ1n) is 4.81. The maximum atomic E-state index is 10.1. The normalized spacial score (nSPS) is 14.4. The molecular formula is C11H16BrNO3. The molecule has 0 aromatic heterocycles. The molecule has 0 spiro atoms. The summed E-state index contributed by atoms with van der Waals surface area (Å²) in [6.07, 6.45) is 0. The summed E-state index contributed by atoms with van der Waals surface area (Å²) in [5.74, 6) is 1.18. The van der Waals surface area contributed by atoms with Gasteiger partial charge in [-0.3, -0.25) is 0 Å². The van der Waals surface area contributed by atoms with Crippen molar-refractivity contribution in [3.05, 3.63) is 22.2 Å². The molecule has 1 aromatic rings. The summed E-state index contributed by atoms with van der Waals surface area (Å²) in [4.78, 5) is 0. The van der Waals surface area contributed by atoms with Crippen molar-refractivity contribution in [2.45, 2.75) is 12.5 Å². The lowest BCUT2D eigenvalue weighted by molar-refractivity contribution is 0.0639. The molecule has 1 unspecified atom stereocenters. The zero-order chi connectivity index (χ0) is 12.3. The fraction of sp³-hybridized carbons (Fsp3) is 0.455. The Bertz CT molecular complexity index is 380. The van der Waals surface area contributed by atoms with Crippen molar-refractivity contribution >= 4 is 15.9 Å². The highest BCUT2D eigenvalue weighted by Gasteiger charge is 2.27. The Morgan fingerprint density at radius 3 is 2.44 bits per heavy atom. The van der Waals surface area contributed by atoms with Gasteiger partial charge in [-0.1, -0.05) is 0 Å². The third kappa shape index (κ3) is 2.31. The van der Waals surface area contributed by atoms with Gasteiger partial charge in [0.1, 0.15) is 21.6 Å². The summed E-state index contributed by atoms with van der Waals surface area (Å²) >= 11 is 3.37. The second kappa shape index (κ2) is 5.03. The van der Waals surface area contributed by atoms with Gasteiger partial charge in [0.2, 0.25) is 0 Å². The predicted octanol–water partition coefficient (Wildman–Crippen LogP) is 1.63. The number of rotatable bonds is 4. The van der Waals surface area contributed by atoms with Crippen LogP contribution in [0, 0.1) is 0 Å². The lowest BCUT2D eigenvalue weighted by Crippen LogP contribution is -2.31. The van der Waals surface area contributed by atoms with E-state index in [1.165, 1.54) is 7.11 Å². The molecule has 3 N–H and O–H groups in total. The molecule has 0 saturated carbocycles. The highest BCUT2D eigenvalue weighted by molar-refractivity contribution is 9.10. The molecule has 0 heterocycles. The van der Waals surface area contributed by atoms with E-state index in [0.29, 0.717) is 21.5 Å². The van der Waals surface area contributed by atoms with Crippen molar-refractivity contribution in [1.82, 2.24) is 0 Å². The van der Waals surface area contributed by atoms with Crippen molar-refractivity contribution in [3.8, 4) is 11.5 Å². The van der Waals surface area contributed by atoms with Gasteiger partial charge in [0.25, 0.3) is 0 Å². The number of methoxy groups -OCH3 is 2. The Morgan fingerprint density at radius 1 is 1.38 bits per heavy atom. The highest BCUT2D eigenvalue weighted by Crippen LogP contribution is 2.41. The fourth-order valence-electron chi connectivity index (χ4n) is 1.43. The first-order valence-corrected chi connectivity index (χ1v) is 5.60. The standard InChI is InChI=1S/C11H16BrNO3/c1-11(14,6-13)7-4-5-8(15-2)9(12)10(7)16-3/h4-5,14H,6,13H2,1-3H3. The Labute approximate surface area is 103 Å². The minimum Gasteiger partial charge on any atom is -0.495 e. The highest BCUT2D eigenvalue weighted by atomic mass is 79.9. The van der Waals surface area contributed by atoms with Gasteiger partial charge in [-0.25, -0.2) is 0 Å². The van der Waals surface area contributed by atoms with Crippen LogP contribution < -0.4 is 15.2 Å². The molecule has 5 heteroatoms. The number of ether oxygens (including phenoxy) is 2. The van der Waals surface area contributed by atoms with Crippen molar-refractivity contribution in [2.24, 2.45) is 5.73 Å². The van der Waals surface area contributed by atoms with Crippen LogP contribution in [-0.2, 0) is 5.60 Å². The van der Waals surface area contributed by atoms with E-state index in [1.807, 2.05) is 0 Å². The maximum Gasteiger partial charge on any atom is 0.142 e. The molecule has 4 nitrogen and oxygen atoms in total. The van der Waals surface area contributed by atoms with Crippen LogP contribution in [0.25, 0.3) is 0 Å². The second-order valence-corrected chi connectivity index (χ2v) is 4.43. The molecule has 0 aliphatic heterocycles. The molecule has 0 saturated heterocycles. The van der Waals surface area contributed by atoms with Gasteiger partial charge in [0.15, 0.2) is 0 Å². The van der Waals surface area contributed by atoms with Crippen molar-refractivity contribution in [3.63, 3.8) is 0 Å². The molecule has 16 heavy (non-hydrogen) atoms. The summed E-state index contributed by atoms with van der Waals surface area (Å²) in [5, 5.41) is 10.1. The summed E-state index contributed by atoms with van der Waals surface area (Å²) < 4.78 is 11.1. The van der Waals surface area contributed by atoms with Gasteiger partial charge in [0.05, 0.1) is 14.2 Å². The molecule has 1 rings (SSSR count). The van der Waals surface area contributed by atoms with Crippen LogP contribution in [0.1, 0.15) is 12.5 Å². The summed E-state index contributed by atoms with van der Waals surface area (Å²) in [6.45, 7) is 1.76. The van der Waals surface area contributed by atoms with E-state index in [9.17, 15) is 5.11 Å². The van der Waals surface area contributed by atoms with Gasteiger partial charge in [-0.05, 0) is 35.0 Å².